The zero-order chi connectivity index (χ0) is 17.7. The van der Waals surface area contributed by atoms with E-state index in [1.54, 1.807) is 30.3 Å². The summed E-state index contributed by atoms with van der Waals surface area (Å²) < 4.78 is 10.6. The second kappa shape index (κ2) is 8.37. The van der Waals surface area contributed by atoms with Crippen LogP contribution in [0.25, 0.3) is 0 Å². The number of hydrogen-bond acceptors (Lipinski definition) is 4. The number of halogens is 3. The zero-order valence-corrected chi connectivity index (χ0v) is 15.5. The van der Waals surface area contributed by atoms with E-state index < -0.39 is 11.9 Å². The lowest BCUT2D eigenvalue weighted by Gasteiger charge is -2.11. The Morgan fingerprint density at radius 2 is 1.96 bits per heavy atom. The Bertz CT molecular complexity index is 783. The van der Waals surface area contributed by atoms with Gasteiger partial charge in [-0.1, -0.05) is 29.3 Å². The number of ether oxygens (including phenoxy) is 2. The molecule has 0 aliphatic carbocycles. The van der Waals surface area contributed by atoms with Crippen LogP contribution in [-0.4, -0.2) is 25.6 Å². The molecule has 8 heteroatoms. The summed E-state index contributed by atoms with van der Waals surface area (Å²) in [4.78, 5) is 23.4. The maximum atomic E-state index is 12.0. The van der Waals surface area contributed by atoms with Crippen molar-refractivity contribution in [1.82, 2.24) is 0 Å². The smallest absolute Gasteiger partial charge is 0.337 e. The predicted molar refractivity (Wildman–Crippen MR) is 96.1 cm³/mol. The van der Waals surface area contributed by atoms with Gasteiger partial charge in [0.05, 0.1) is 32.9 Å². The normalized spacial score (nSPS) is 10.2. The third-order valence-corrected chi connectivity index (χ3v) is 4.38. The molecule has 1 N–H and O–H groups in total. The Balaban J connectivity index is 1.99. The molecule has 1 amide bonds. The molecule has 0 aromatic heterocycles. The van der Waals surface area contributed by atoms with Crippen molar-refractivity contribution in [3.05, 3.63) is 56.5 Å². The predicted octanol–water partition coefficient (Wildman–Crippen LogP) is 4.56. The number of anilines is 1. The molecule has 0 saturated heterocycles. The van der Waals surface area contributed by atoms with Crippen molar-refractivity contribution < 1.29 is 19.1 Å². The highest BCUT2D eigenvalue weighted by Crippen LogP contribution is 2.30. The van der Waals surface area contributed by atoms with Crippen molar-refractivity contribution in [3.63, 3.8) is 0 Å². The van der Waals surface area contributed by atoms with Crippen molar-refractivity contribution in [2.75, 3.05) is 19.0 Å². The molecule has 2 rings (SSSR count). The van der Waals surface area contributed by atoms with Crippen LogP contribution in [0.2, 0.25) is 10.0 Å². The average Bonchev–Trinajstić information content (AvgIpc) is 2.57. The summed E-state index contributed by atoms with van der Waals surface area (Å²) in [6, 6.07) is 9.58. The second-order valence-corrected chi connectivity index (χ2v) is 6.21. The van der Waals surface area contributed by atoms with Gasteiger partial charge in [-0.05, 0) is 46.3 Å². The summed E-state index contributed by atoms with van der Waals surface area (Å²) in [5.41, 5.74) is 0.768. The quantitative estimate of drug-likeness (QED) is 0.703. The Morgan fingerprint density at radius 3 is 2.62 bits per heavy atom. The van der Waals surface area contributed by atoms with Crippen molar-refractivity contribution in [2.45, 2.75) is 0 Å². The monoisotopic (exact) mass is 431 g/mol. The Kier molecular flexibility index (Phi) is 6.48. The molecular weight excluding hydrogens is 421 g/mol. The minimum Gasteiger partial charge on any atom is -0.483 e. The molecule has 0 aliphatic rings. The molecular formula is C16H12BrCl2NO4. The Hall–Kier alpha value is -1.76. The van der Waals surface area contributed by atoms with Gasteiger partial charge in [0.25, 0.3) is 5.91 Å². The molecule has 0 fully saturated rings. The van der Waals surface area contributed by atoms with Gasteiger partial charge >= 0.3 is 5.97 Å². The van der Waals surface area contributed by atoms with Crippen LogP contribution in [-0.2, 0) is 9.53 Å². The fraction of sp³-hybridized carbons (Fsp3) is 0.125. The maximum Gasteiger partial charge on any atom is 0.337 e. The van der Waals surface area contributed by atoms with E-state index in [-0.39, 0.29) is 11.6 Å². The molecule has 0 spiro atoms. The molecule has 0 atom stereocenters. The third-order valence-electron chi connectivity index (χ3n) is 2.94. The number of hydrogen-bond donors (Lipinski definition) is 1. The third kappa shape index (κ3) is 4.63. The van der Waals surface area contributed by atoms with Gasteiger partial charge < -0.3 is 14.8 Å². The Morgan fingerprint density at radius 1 is 1.21 bits per heavy atom. The van der Waals surface area contributed by atoms with Crippen LogP contribution in [0.5, 0.6) is 5.75 Å². The topological polar surface area (TPSA) is 64.6 Å². The number of carbonyl (C=O) groups excluding carboxylic acids is 2. The van der Waals surface area contributed by atoms with Crippen LogP contribution in [0.15, 0.2) is 40.9 Å². The number of amides is 1. The minimum atomic E-state index is -0.462. The molecule has 0 heterocycles. The first-order chi connectivity index (χ1) is 11.4. The first-order valence-corrected chi connectivity index (χ1v) is 8.21. The van der Waals surface area contributed by atoms with Crippen LogP contribution in [0, 0.1) is 0 Å². The fourth-order valence-electron chi connectivity index (χ4n) is 1.79. The van der Waals surface area contributed by atoms with Gasteiger partial charge in [0.2, 0.25) is 0 Å². The summed E-state index contributed by atoms with van der Waals surface area (Å²) >= 11 is 15.2. The van der Waals surface area contributed by atoms with Crippen LogP contribution in [0.3, 0.4) is 0 Å². The number of methoxy groups -OCH3 is 1. The van der Waals surface area contributed by atoms with Crippen LogP contribution >= 0.6 is 39.1 Å². The van der Waals surface area contributed by atoms with E-state index in [0.717, 1.165) is 0 Å². The van der Waals surface area contributed by atoms with Gasteiger partial charge in [0.15, 0.2) is 6.61 Å². The summed E-state index contributed by atoms with van der Waals surface area (Å²) in [5, 5.41) is 3.21. The number of rotatable bonds is 5. The number of esters is 1. The number of carbonyl (C=O) groups is 2. The molecule has 2 aromatic carbocycles. The van der Waals surface area contributed by atoms with Crippen LogP contribution in [0.4, 0.5) is 5.69 Å². The molecule has 0 bridgehead atoms. The summed E-state index contributed by atoms with van der Waals surface area (Å²) in [6.07, 6.45) is 0. The number of nitrogens with one attached hydrogen (secondary N) is 1. The second-order valence-electron chi connectivity index (χ2n) is 4.58. The van der Waals surface area contributed by atoms with Gasteiger partial charge in [-0.25, -0.2) is 4.79 Å². The highest BCUT2D eigenvalue weighted by molar-refractivity contribution is 9.10. The summed E-state index contributed by atoms with van der Waals surface area (Å²) in [7, 11) is 1.30. The zero-order valence-electron chi connectivity index (χ0n) is 12.4. The van der Waals surface area contributed by atoms with Crippen LogP contribution in [0.1, 0.15) is 10.4 Å². The van der Waals surface area contributed by atoms with E-state index in [4.69, 9.17) is 27.9 Å². The van der Waals surface area contributed by atoms with E-state index >= 15 is 0 Å². The van der Waals surface area contributed by atoms with E-state index in [0.29, 0.717) is 26.5 Å². The first kappa shape index (κ1) is 18.6. The van der Waals surface area contributed by atoms with E-state index in [9.17, 15) is 9.59 Å². The Labute approximate surface area is 157 Å². The largest absolute Gasteiger partial charge is 0.483 e. The lowest BCUT2D eigenvalue weighted by molar-refractivity contribution is -0.118. The minimum absolute atomic E-state index is 0.237. The molecule has 126 valence electrons. The van der Waals surface area contributed by atoms with E-state index in [1.165, 1.54) is 13.2 Å². The standard InChI is InChI=1S/C16H12BrCl2NO4/c1-23-16(22)9-5-6-13(10(17)7-9)24-8-14(21)20-12-4-2-3-11(18)15(12)19/h2-7H,8H2,1H3,(H,20,21). The van der Waals surface area contributed by atoms with Crippen LogP contribution < -0.4 is 10.1 Å². The van der Waals surface area contributed by atoms with Crippen molar-refractivity contribution in [3.8, 4) is 5.75 Å². The molecule has 0 radical (unpaired) electrons. The first-order valence-electron chi connectivity index (χ1n) is 6.67. The highest BCUT2D eigenvalue weighted by Gasteiger charge is 2.12. The lowest BCUT2D eigenvalue weighted by atomic mass is 10.2. The van der Waals surface area contributed by atoms with Gasteiger partial charge in [-0.15, -0.1) is 0 Å². The summed E-state index contributed by atoms with van der Waals surface area (Å²) in [6.45, 7) is -0.237. The van der Waals surface area contributed by atoms with Crippen molar-refractivity contribution in [1.29, 1.82) is 0 Å². The average molecular weight is 433 g/mol. The van der Waals surface area contributed by atoms with Crippen molar-refractivity contribution >= 4 is 56.7 Å². The van der Waals surface area contributed by atoms with Gasteiger partial charge in [-0.3, -0.25) is 4.79 Å². The SMILES string of the molecule is COC(=O)c1ccc(OCC(=O)Nc2cccc(Cl)c2Cl)c(Br)c1. The molecule has 5 nitrogen and oxygen atoms in total. The van der Waals surface area contributed by atoms with Gasteiger partial charge in [-0.2, -0.15) is 0 Å². The van der Waals surface area contributed by atoms with Gasteiger partial charge in [0.1, 0.15) is 5.75 Å². The number of benzene rings is 2. The molecule has 0 saturated carbocycles. The lowest BCUT2D eigenvalue weighted by Crippen LogP contribution is -2.20. The fourth-order valence-corrected chi connectivity index (χ4v) is 2.63. The molecule has 2 aromatic rings. The maximum absolute atomic E-state index is 12.0. The van der Waals surface area contributed by atoms with E-state index in [1.807, 2.05) is 0 Å². The molecule has 0 aliphatic heterocycles. The molecule has 0 unspecified atom stereocenters. The summed E-state index contributed by atoms with van der Waals surface area (Å²) in [5.74, 6) is -0.450. The van der Waals surface area contributed by atoms with Gasteiger partial charge in [0, 0.05) is 0 Å². The van der Waals surface area contributed by atoms with E-state index in [2.05, 4.69) is 26.0 Å². The highest BCUT2D eigenvalue weighted by atomic mass is 79.9. The van der Waals surface area contributed by atoms with Crippen molar-refractivity contribution in [2.24, 2.45) is 0 Å². The molecule has 24 heavy (non-hydrogen) atoms.